The maximum absolute atomic E-state index is 12.7. The molecule has 1 aliphatic heterocycles. The molecule has 0 N–H and O–H groups in total. The second-order valence-electron chi connectivity index (χ2n) is 7.94. The maximum atomic E-state index is 12.7. The fraction of sp³-hybridized carbons (Fsp3) is 0.875. The molecule has 1 aromatic heterocycles. The van der Waals surface area contributed by atoms with Gasteiger partial charge in [-0.15, -0.1) is 5.10 Å². The molecule has 2 aliphatic rings. The van der Waals surface area contributed by atoms with E-state index in [4.69, 9.17) is 4.74 Å². The zero-order valence-electron chi connectivity index (χ0n) is 14.9. The van der Waals surface area contributed by atoms with Gasteiger partial charge in [0.1, 0.15) is 0 Å². The summed E-state index contributed by atoms with van der Waals surface area (Å²) in [4.78, 5) is 0. The highest BCUT2D eigenvalue weighted by Gasteiger charge is 2.58. The molecule has 0 atom stereocenters. The van der Waals surface area contributed by atoms with Gasteiger partial charge in [0.2, 0.25) is 10.0 Å². The Morgan fingerprint density at radius 2 is 2.08 bits per heavy atom. The summed E-state index contributed by atoms with van der Waals surface area (Å²) in [7, 11) is -1.48. The normalized spacial score (nSPS) is 22.8. The van der Waals surface area contributed by atoms with Crippen LogP contribution >= 0.6 is 0 Å². The van der Waals surface area contributed by atoms with Crippen molar-refractivity contribution >= 4 is 10.0 Å². The number of rotatable bonds is 7. The van der Waals surface area contributed by atoms with Crippen LogP contribution in [0.25, 0.3) is 0 Å². The number of nitrogens with zero attached hydrogens (tertiary/aromatic N) is 4. The van der Waals surface area contributed by atoms with Crippen molar-refractivity contribution in [1.29, 1.82) is 0 Å². The SMILES string of the molecule is COCCC(C)(C)Cn1cc(CN2CCCC3(CC3)S2(=O)=O)nn1. The number of methoxy groups -OCH3 is 1. The van der Waals surface area contributed by atoms with Crippen molar-refractivity contribution in [3.63, 3.8) is 0 Å². The highest BCUT2D eigenvalue weighted by molar-refractivity contribution is 7.90. The molecule has 24 heavy (non-hydrogen) atoms. The van der Waals surface area contributed by atoms with E-state index in [0.717, 1.165) is 44.3 Å². The molecule has 1 spiro atoms. The molecule has 3 rings (SSSR count). The Hall–Kier alpha value is -0.990. The van der Waals surface area contributed by atoms with Crippen LogP contribution in [0, 0.1) is 5.41 Å². The molecule has 0 aromatic carbocycles. The van der Waals surface area contributed by atoms with Gasteiger partial charge < -0.3 is 4.74 Å². The van der Waals surface area contributed by atoms with Crippen molar-refractivity contribution < 1.29 is 13.2 Å². The lowest BCUT2D eigenvalue weighted by Gasteiger charge is -2.31. The Kier molecular flexibility index (Phi) is 4.74. The molecular weight excluding hydrogens is 328 g/mol. The van der Waals surface area contributed by atoms with Gasteiger partial charge in [0, 0.05) is 33.0 Å². The number of sulfonamides is 1. The molecule has 2 heterocycles. The molecule has 1 aromatic rings. The summed E-state index contributed by atoms with van der Waals surface area (Å²) in [5, 5.41) is 8.36. The van der Waals surface area contributed by atoms with Gasteiger partial charge in [0.05, 0.1) is 17.0 Å². The van der Waals surface area contributed by atoms with E-state index >= 15 is 0 Å². The Labute approximate surface area is 144 Å². The topological polar surface area (TPSA) is 77.3 Å². The number of hydrogen-bond acceptors (Lipinski definition) is 5. The van der Waals surface area contributed by atoms with E-state index in [9.17, 15) is 8.42 Å². The largest absolute Gasteiger partial charge is 0.385 e. The first-order valence-corrected chi connectivity index (χ1v) is 10.1. The van der Waals surface area contributed by atoms with E-state index in [1.807, 2.05) is 10.9 Å². The summed E-state index contributed by atoms with van der Waals surface area (Å²) in [5.41, 5.74) is 0.773. The van der Waals surface area contributed by atoms with Crippen LogP contribution in [0.1, 0.15) is 51.6 Å². The predicted octanol–water partition coefficient (Wildman–Crippen LogP) is 1.80. The highest BCUT2D eigenvalue weighted by atomic mass is 32.2. The summed E-state index contributed by atoms with van der Waals surface area (Å²) in [6, 6.07) is 0. The minimum absolute atomic E-state index is 0.0518. The van der Waals surface area contributed by atoms with E-state index in [-0.39, 0.29) is 5.41 Å². The molecule has 2 fully saturated rings. The van der Waals surface area contributed by atoms with E-state index < -0.39 is 14.8 Å². The molecule has 0 radical (unpaired) electrons. The number of hydrogen-bond donors (Lipinski definition) is 0. The van der Waals surface area contributed by atoms with Crippen LogP contribution in [-0.2, 0) is 27.8 Å². The zero-order valence-corrected chi connectivity index (χ0v) is 15.7. The Morgan fingerprint density at radius 3 is 2.75 bits per heavy atom. The van der Waals surface area contributed by atoms with Crippen molar-refractivity contribution in [2.45, 2.75) is 63.8 Å². The first-order chi connectivity index (χ1) is 11.3. The third-order valence-corrected chi connectivity index (χ3v) is 7.93. The van der Waals surface area contributed by atoms with Crippen molar-refractivity contribution in [2.75, 3.05) is 20.3 Å². The Balaban J connectivity index is 1.64. The summed E-state index contributed by atoms with van der Waals surface area (Å²) in [6.07, 6.45) is 6.18. The Bertz CT molecular complexity index is 679. The van der Waals surface area contributed by atoms with Crippen LogP contribution in [-0.4, -0.2) is 52.7 Å². The lowest BCUT2D eigenvalue weighted by Crippen LogP contribution is -2.44. The predicted molar refractivity (Wildman–Crippen MR) is 90.8 cm³/mol. The molecule has 136 valence electrons. The molecule has 7 nitrogen and oxygen atoms in total. The van der Waals surface area contributed by atoms with Crippen LogP contribution in [0.5, 0.6) is 0 Å². The third-order valence-electron chi connectivity index (χ3n) is 5.23. The lowest BCUT2D eigenvalue weighted by molar-refractivity contribution is 0.139. The van der Waals surface area contributed by atoms with Gasteiger partial charge in [-0.3, -0.25) is 4.68 Å². The summed E-state index contributed by atoms with van der Waals surface area (Å²) >= 11 is 0. The fourth-order valence-corrected chi connectivity index (χ4v) is 5.72. The maximum Gasteiger partial charge on any atom is 0.220 e. The van der Waals surface area contributed by atoms with Crippen LogP contribution in [0.2, 0.25) is 0 Å². The average molecular weight is 356 g/mol. The molecule has 0 amide bonds. The van der Waals surface area contributed by atoms with E-state index in [2.05, 4.69) is 24.2 Å². The van der Waals surface area contributed by atoms with Crippen LogP contribution < -0.4 is 0 Å². The van der Waals surface area contributed by atoms with E-state index in [1.54, 1.807) is 11.4 Å². The molecule has 0 bridgehead atoms. The first-order valence-electron chi connectivity index (χ1n) is 8.66. The van der Waals surface area contributed by atoms with Gasteiger partial charge in [-0.1, -0.05) is 19.1 Å². The van der Waals surface area contributed by atoms with Crippen molar-refractivity contribution in [3.05, 3.63) is 11.9 Å². The minimum Gasteiger partial charge on any atom is -0.385 e. The van der Waals surface area contributed by atoms with E-state index in [1.165, 1.54) is 0 Å². The second kappa shape index (κ2) is 6.38. The molecule has 1 aliphatic carbocycles. The van der Waals surface area contributed by atoms with Gasteiger partial charge in [-0.2, -0.15) is 4.31 Å². The molecule has 1 saturated carbocycles. The van der Waals surface area contributed by atoms with Crippen LogP contribution in [0.4, 0.5) is 0 Å². The van der Waals surface area contributed by atoms with Crippen LogP contribution in [0.15, 0.2) is 6.20 Å². The summed E-state index contributed by atoms with van der Waals surface area (Å²) in [5.74, 6) is 0. The monoisotopic (exact) mass is 356 g/mol. The standard InChI is InChI=1S/C16H28N4O3S/c1-15(2,8-10-23-3)13-19-11-14(17-18-19)12-20-9-4-5-16(6-7-16)24(20,21)22/h11H,4-10,12-13H2,1-3H3. The quantitative estimate of drug-likeness (QED) is 0.744. The van der Waals surface area contributed by atoms with Gasteiger partial charge in [-0.25, -0.2) is 8.42 Å². The second-order valence-corrected chi connectivity index (χ2v) is 10.3. The van der Waals surface area contributed by atoms with Crippen molar-refractivity contribution in [3.8, 4) is 0 Å². The van der Waals surface area contributed by atoms with Crippen molar-refractivity contribution in [1.82, 2.24) is 19.3 Å². The third kappa shape index (κ3) is 3.50. The number of aromatic nitrogens is 3. The highest BCUT2D eigenvalue weighted by Crippen LogP contribution is 2.51. The lowest BCUT2D eigenvalue weighted by atomic mass is 9.90. The molecule has 0 unspecified atom stereocenters. The fourth-order valence-electron chi connectivity index (χ4n) is 3.48. The van der Waals surface area contributed by atoms with Crippen LogP contribution in [0.3, 0.4) is 0 Å². The zero-order chi connectivity index (χ0) is 17.4. The van der Waals surface area contributed by atoms with Crippen molar-refractivity contribution in [2.24, 2.45) is 5.41 Å². The van der Waals surface area contributed by atoms with Gasteiger partial charge in [0.15, 0.2) is 0 Å². The molecule has 8 heteroatoms. The minimum atomic E-state index is -3.19. The van der Waals surface area contributed by atoms with Gasteiger partial charge in [0.25, 0.3) is 0 Å². The molecular formula is C16H28N4O3S. The summed E-state index contributed by atoms with van der Waals surface area (Å²) in [6.45, 7) is 6.71. The van der Waals surface area contributed by atoms with Gasteiger partial charge >= 0.3 is 0 Å². The molecule has 1 saturated heterocycles. The Morgan fingerprint density at radius 1 is 1.33 bits per heavy atom. The smallest absolute Gasteiger partial charge is 0.220 e. The average Bonchev–Trinajstić information content (AvgIpc) is 3.17. The number of ether oxygens (including phenoxy) is 1. The summed E-state index contributed by atoms with van der Waals surface area (Å²) < 4.78 is 33.5. The van der Waals surface area contributed by atoms with E-state index in [0.29, 0.717) is 19.7 Å². The van der Waals surface area contributed by atoms with Gasteiger partial charge in [-0.05, 0) is 37.5 Å². The first kappa shape index (κ1) is 17.8.